The van der Waals surface area contributed by atoms with Gasteiger partial charge in [0.25, 0.3) is 0 Å². The van der Waals surface area contributed by atoms with Crippen molar-refractivity contribution in [1.82, 2.24) is 0 Å². The molecule has 1 heteroatoms. The van der Waals surface area contributed by atoms with E-state index in [0.717, 1.165) is 18.4 Å². The summed E-state index contributed by atoms with van der Waals surface area (Å²) in [6.45, 7) is 10.9. The number of halogens is 1. The topological polar surface area (TPSA) is 0 Å². The van der Waals surface area contributed by atoms with Gasteiger partial charge in [0.1, 0.15) is 5.83 Å². The monoisotopic (exact) mass is 362 g/mol. The molecule has 4 rings (SSSR count). The van der Waals surface area contributed by atoms with Crippen molar-refractivity contribution in [3.8, 4) is 0 Å². The molecule has 0 nitrogen and oxygen atoms in total. The molecule has 1 aromatic rings. The Bertz CT molecular complexity index is 893. The molecule has 3 atom stereocenters. The minimum Gasteiger partial charge on any atom is -0.207 e. The number of fused-ring (bicyclic) bond motifs is 1. The van der Waals surface area contributed by atoms with Crippen LogP contribution >= 0.6 is 0 Å². The number of hydrogen-bond donors (Lipinski definition) is 0. The van der Waals surface area contributed by atoms with Crippen molar-refractivity contribution in [2.24, 2.45) is 17.3 Å². The van der Waals surface area contributed by atoms with Crippen molar-refractivity contribution in [3.63, 3.8) is 0 Å². The first kappa shape index (κ1) is 18.5. The molecular weight excluding hydrogens is 331 g/mol. The Balaban J connectivity index is 1.91. The fourth-order valence-corrected chi connectivity index (χ4v) is 5.91. The first-order valence-electron chi connectivity index (χ1n) is 10.3. The van der Waals surface area contributed by atoms with Gasteiger partial charge in [0, 0.05) is 5.41 Å². The Morgan fingerprint density at radius 3 is 2.52 bits per heavy atom. The van der Waals surface area contributed by atoms with Crippen molar-refractivity contribution in [2.45, 2.75) is 59.3 Å². The minimum atomic E-state index is -0.297. The Labute approximate surface area is 163 Å². The smallest absolute Gasteiger partial charge is 0.123 e. The van der Waals surface area contributed by atoms with E-state index in [1.54, 1.807) is 0 Å². The van der Waals surface area contributed by atoms with Gasteiger partial charge in [-0.1, -0.05) is 68.8 Å². The number of benzene rings is 1. The van der Waals surface area contributed by atoms with Crippen LogP contribution in [0.1, 0.15) is 64.2 Å². The zero-order valence-electron chi connectivity index (χ0n) is 17.3. The number of hydrogen-bond acceptors (Lipinski definition) is 0. The molecule has 0 aromatic heterocycles. The Kier molecular flexibility index (Phi) is 4.33. The molecule has 0 amide bonds. The summed E-state index contributed by atoms with van der Waals surface area (Å²) in [5.74, 6) is 1.11. The van der Waals surface area contributed by atoms with Crippen LogP contribution in [0.3, 0.4) is 0 Å². The molecular formula is C26H31F. The Hall–Kier alpha value is -1.89. The normalized spacial score (nSPS) is 31.9. The van der Waals surface area contributed by atoms with Gasteiger partial charge >= 0.3 is 0 Å². The highest BCUT2D eigenvalue weighted by Gasteiger charge is 2.57. The maximum absolute atomic E-state index is 15.2. The van der Waals surface area contributed by atoms with E-state index >= 15 is 4.39 Å². The molecule has 0 radical (unpaired) electrons. The van der Waals surface area contributed by atoms with Gasteiger partial charge in [-0.25, -0.2) is 4.39 Å². The third kappa shape index (κ3) is 2.62. The predicted molar refractivity (Wildman–Crippen MR) is 113 cm³/mol. The summed E-state index contributed by atoms with van der Waals surface area (Å²) in [7, 11) is 0. The van der Waals surface area contributed by atoms with Gasteiger partial charge in [-0.05, 0) is 78.7 Å². The highest BCUT2D eigenvalue weighted by atomic mass is 19.1. The zero-order valence-corrected chi connectivity index (χ0v) is 17.3. The maximum atomic E-state index is 15.2. The standard InChI is InChI=1S/C26H31F/c1-6-9-18-10-8-11-21-19(18)15-20-22(26(14-7-2)16-17(26)3)12-13-23(27)24(20)25(21,4)5/h6-11,13-14,17,22H,12,15-16H2,1-5H3/b9-6-,14-7?. The van der Waals surface area contributed by atoms with Crippen LogP contribution in [-0.4, -0.2) is 0 Å². The predicted octanol–water partition coefficient (Wildman–Crippen LogP) is 7.33. The van der Waals surface area contributed by atoms with E-state index in [4.69, 9.17) is 0 Å². The lowest BCUT2D eigenvalue weighted by Gasteiger charge is -2.43. The average molecular weight is 363 g/mol. The van der Waals surface area contributed by atoms with Gasteiger partial charge in [0.15, 0.2) is 0 Å². The summed E-state index contributed by atoms with van der Waals surface area (Å²) in [4.78, 5) is 0. The minimum absolute atomic E-state index is 0.0114. The van der Waals surface area contributed by atoms with E-state index in [-0.39, 0.29) is 16.7 Å². The lowest BCUT2D eigenvalue weighted by atomic mass is 9.61. The van der Waals surface area contributed by atoms with Crippen molar-refractivity contribution >= 4 is 6.08 Å². The molecule has 3 aliphatic rings. The largest absolute Gasteiger partial charge is 0.207 e. The first-order chi connectivity index (χ1) is 12.9. The zero-order chi connectivity index (χ0) is 19.4. The second-order valence-electron chi connectivity index (χ2n) is 9.13. The quantitative estimate of drug-likeness (QED) is 0.494. The van der Waals surface area contributed by atoms with Crippen LogP contribution < -0.4 is 0 Å². The van der Waals surface area contributed by atoms with Crippen LogP contribution in [0, 0.1) is 17.3 Å². The molecule has 142 valence electrons. The second-order valence-corrected chi connectivity index (χ2v) is 9.13. The Morgan fingerprint density at radius 1 is 1.15 bits per heavy atom. The van der Waals surface area contributed by atoms with Gasteiger partial charge in [-0.2, -0.15) is 0 Å². The van der Waals surface area contributed by atoms with E-state index in [2.05, 4.69) is 77.1 Å². The molecule has 3 unspecified atom stereocenters. The lowest BCUT2D eigenvalue weighted by molar-refractivity contribution is 0.369. The molecule has 0 bridgehead atoms. The molecule has 0 N–H and O–H groups in total. The Morgan fingerprint density at radius 2 is 1.89 bits per heavy atom. The van der Waals surface area contributed by atoms with E-state index in [9.17, 15) is 0 Å². The molecule has 0 aliphatic heterocycles. The van der Waals surface area contributed by atoms with Crippen LogP contribution in [0.25, 0.3) is 6.08 Å². The highest BCUT2D eigenvalue weighted by molar-refractivity contribution is 5.64. The van der Waals surface area contributed by atoms with Crippen LogP contribution in [0.2, 0.25) is 0 Å². The molecule has 27 heavy (non-hydrogen) atoms. The van der Waals surface area contributed by atoms with Gasteiger partial charge in [0.05, 0.1) is 0 Å². The SMILES string of the molecule is CC=CC1(C2CC=C(F)C3=C2Cc2c(/C=C\C)cccc2C3(C)C)CC1C. The molecule has 1 saturated carbocycles. The third-order valence-corrected chi connectivity index (χ3v) is 7.28. The van der Waals surface area contributed by atoms with Crippen molar-refractivity contribution in [2.75, 3.05) is 0 Å². The first-order valence-corrected chi connectivity index (χ1v) is 10.3. The average Bonchev–Trinajstić information content (AvgIpc) is 3.26. The summed E-state index contributed by atoms with van der Waals surface area (Å²) in [5, 5.41) is 0. The van der Waals surface area contributed by atoms with Gasteiger partial charge in [0.2, 0.25) is 0 Å². The summed E-state index contributed by atoms with van der Waals surface area (Å²) in [5.41, 5.74) is 6.20. The van der Waals surface area contributed by atoms with Crippen molar-refractivity contribution in [1.29, 1.82) is 0 Å². The molecule has 1 aromatic carbocycles. The highest BCUT2D eigenvalue weighted by Crippen LogP contribution is 2.65. The number of allylic oxidation sites excluding steroid dienone is 7. The summed E-state index contributed by atoms with van der Waals surface area (Å²) in [6, 6.07) is 6.52. The van der Waals surface area contributed by atoms with Crippen molar-refractivity contribution < 1.29 is 4.39 Å². The van der Waals surface area contributed by atoms with Gasteiger partial charge in [-0.3, -0.25) is 0 Å². The summed E-state index contributed by atoms with van der Waals surface area (Å²) >= 11 is 0. The van der Waals surface area contributed by atoms with Gasteiger partial charge in [-0.15, -0.1) is 0 Å². The summed E-state index contributed by atoms with van der Waals surface area (Å²) in [6.07, 6.45) is 13.7. The van der Waals surface area contributed by atoms with Gasteiger partial charge < -0.3 is 0 Å². The molecule has 3 aliphatic carbocycles. The third-order valence-electron chi connectivity index (χ3n) is 7.28. The van der Waals surface area contributed by atoms with Crippen LogP contribution in [0.15, 0.2) is 59.5 Å². The molecule has 0 spiro atoms. The lowest BCUT2D eigenvalue weighted by Crippen LogP contribution is -2.35. The van der Waals surface area contributed by atoms with Crippen LogP contribution in [0.4, 0.5) is 4.39 Å². The fraction of sp³-hybridized carbons (Fsp3) is 0.462. The summed E-state index contributed by atoms with van der Waals surface area (Å²) < 4.78 is 15.2. The molecule has 0 saturated heterocycles. The molecule has 1 fully saturated rings. The van der Waals surface area contributed by atoms with E-state index in [1.807, 2.05) is 6.08 Å². The van der Waals surface area contributed by atoms with E-state index < -0.39 is 0 Å². The second kappa shape index (κ2) is 6.33. The van der Waals surface area contributed by atoms with E-state index in [0.29, 0.717) is 11.8 Å². The van der Waals surface area contributed by atoms with Crippen LogP contribution in [-0.2, 0) is 11.8 Å². The molecule has 0 heterocycles. The number of rotatable bonds is 3. The fourth-order valence-electron chi connectivity index (χ4n) is 5.91. The van der Waals surface area contributed by atoms with Crippen molar-refractivity contribution in [3.05, 3.63) is 76.2 Å². The maximum Gasteiger partial charge on any atom is 0.123 e. The van der Waals surface area contributed by atoms with E-state index in [1.165, 1.54) is 28.7 Å². The van der Waals surface area contributed by atoms with Crippen LogP contribution in [0.5, 0.6) is 0 Å².